The van der Waals surface area contributed by atoms with E-state index in [4.69, 9.17) is 0 Å². The minimum atomic E-state index is -0.442. The summed E-state index contributed by atoms with van der Waals surface area (Å²) in [6.45, 7) is -0.0583. The maximum absolute atomic E-state index is 11.7. The largest absolute Gasteiger partial charge is 1.00 e. The van der Waals surface area contributed by atoms with Crippen molar-refractivity contribution in [3.05, 3.63) is 18.7 Å². The quantitative estimate of drug-likeness (QED) is 0.318. The summed E-state index contributed by atoms with van der Waals surface area (Å²) in [7, 11) is 4.64. The summed E-state index contributed by atoms with van der Waals surface area (Å²) in [5.74, 6) is -0.442. The number of hydrogen-bond acceptors (Lipinski definition) is 3. The Balaban J connectivity index is 0.00000225. The van der Waals surface area contributed by atoms with E-state index in [1.54, 1.807) is 30.3 Å². The standard InChI is InChI=1S/C9H14N3O3.HI/c1-10-4-5-12(7-10)9(14)11(2)6-8(13)15-3;/h4-5,7H,6H2,1-3H3;1H/q+1;/p-1. The first kappa shape index (κ1) is 14.9. The van der Waals surface area contributed by atoms with Crippen molar-refractivity contribution < 1.29 is 42.9 Å². The van der Waals surface area contributed by atoms with Crippen molar-refractivity contribution in [1.82, 2.24) is 9.47 Å². The number of rotatable bonds is 2. The Morgan fingerprint density at radius 2 is 2.12 bits per heavy atom. The molecular formula is C9H14IN3O3. The molecule has 0 atom stereocenters. The lowest BCUT2D eigenvalue weighted by Gasteiger charge is -2.11. The van der Waals surface area contributed by atoms with Crippen LogP contribution in [0.3, 0.4) is 0 Å². The van der Waals surface area contributed by atoms with E-state index in [1.165, 1.54) is 16.6 Å². The Bertz CT molecular complexity index is 378. The first-order valence-corrected chi connectivity index (χ1v) is 4.40. The van der Waals surface area contributed by atoms with Gasteiger partial charge >= 0.3 is 12.0 Å². The zero-order valence-corrected chi connectivity index (χ0v) is 11.5. The zero-order valence-electron chi connectivity index (χ0n) is 9.38. The van der Waals surface area contributed by atoms with Crippen molar-refractivity contribution in [2.45, 2.75) is 0 Å². The summed E-state index contributed by atoms with van der Waals surface area (Å²) < 4.78 is 7.60. The van der Waals surface area contributed by atoms with Crippen LogP contribution in [0, 0.1) is 0 Å². The fourth-order valence-corrected chi connectivity index (χ4v) is 1.09. The van der Waals surface area contributed by atoms with Gasteiger partial charge in [0.15, 0.2) is 0 Å². The molecule has 1 aromatic rings. The predicted molar refractivity (Wildman–Crippen MR) is 51.0 cm³/mol. The fraction of sp³-hybridized carbons (Fsp3) is 0.444. The molecule has 0 N–H and O–H groups in total. The number of carbonyl (C=O) groups excluding carboxylic acids is 2. The number of hydrogen-bond donors (Lipinski definition) is 0. The van der Waals surface area contributed by atoms with Gasteiger partial charge in [-0.3, -0.25) is 9.69 Å². The van der Waals surface area contributed by atoms with Gasteiger partial charge in [-0.1, -0.05) is 0 Å². The molecule has 0 aromatic carbocycles. The molecule has 0 spiro atoms. The van der Waals surface area contributed by atoms with Crippen molar-refractivity contribution in [2.75, 3.05) is 20.7 Å². The van der Waals surface area contributed by atoms with E-state index in [0.29, 0.717) is 0 Å². The minimum Gasteiger partial charge on any atom is -1.00 e. The Morgan fingerprint density at radius 1 is 1.50 bits per heavy atom. The summed E-state index contributed by atoms with van der Waals surface area (Å²) in [4.78, 5) is 23.9. The summed E-state index contributed by atoms with van der Waals surface area (Å²) in [6, 6.07) is -0.277. The van der Waals surface area contributed by atoms with Gasteiger partial charge in [-0.05, 0) is 0 Å². The molecule has 0 bridgehead atoms. The van der Waals surface area contributed by atoms with E-state index in [-0.39, 0.29) is 36.6 Å². The third-order valence-electron chi connectivity index (χ3n) is 1.91. The van der Waals surface area contributed by atoms with Crippen molar-refractivity contribution in [1.29, 1.82) is 0 Å². The van der Waals surface area contributed by atoms with E-state index < -0.39 is 5.97 Å². The third-order valence-corrected chi connectivity index (χ3v) is 1.91. The molecule has 0 radical (unpaired) electrons. The van der Waals surface area contributed by atoms with Crippen LogP contribution in [0.1, 0.15) is 0 Å². The van der Waals surface area contributed by atoms with E-state index in [0.717, 1.165) is 0 Å². The number of esters is 1. The van der Waals surface area contributed by atoms with Gasteiger partial charge in [0.05, 0.1) is 14.2 Å². The third kappa shape index (κ3) is 3.80. The van der Waals surface area contributed by atoms with Crippen molar-refractivity contribution in [3.63, 3.8) is 0 Å². The van der Waals surface area contributed by atoms with Crippen LogP contribution >= 0.6 is 0 Å². The second kappa shape index (κ2) is 6.46. The predicted octanol–water partition coefficient (Wildman–Crippen LogP) is -3.61. The summed E-state index contributed by atoms with van der Waals surface area (Å²) in [6.07, 6.45) is 4.98. The lowest BCUT2D eigenvalue weighted by molar-refractivity contribution is -0.670. The number of aryl methyl sites for hydroxylation is 1. The van der Waals surface area contributed by atoms with Crippen molar-refractivity contribution in [2.24, 2.45) is 7.05 Å². The maximum atomic E-state index is 11.7. The fourth-order valence-electron chi connectivity index (χ4n) is 1.09. The van der Waals surface area contributed by atoms with Crippen LogP contribution < -0.4 is 28.5 Å². The normalized spacial score (nSPS) is 9.19. The molecule has 1 rings (SSSR count). The monoisotopic (exact) mass is 339 g/mol. The molecule has 7 heteroatoms. The average Bonchev–Trinajstić information content (AvgIpc) is 2.63. The van der Waals surface area contributed by atoms with Crippen molar-refractivity contribution >= 4 is 12.0 Å². The first-order valence-electron chi connectivity index (χ1n) is 4.40. The molecule has 0 saturated carbocycles. The number of amides is 1. The lowest BCUT2D eigenvalue weighted by atomic mass is 10.6. The highest BCUT2D eigenvalue weighted by atomic mass is 127. The van der Waals surface area contributed by atoms with Crippen molar-refractivity contribution in [3.8, 4) is 0 Å². The summed E-state index contributed by atoms with van der Waals surface area (Å²) in [5, 5.41) is 0. The molecule has 0 aliphatic rings. The molecule has 1 aromatic heterocycles. The zero-order chi connectivity index (χ0) is 11.4. The van der Waals surface area contributed by atoms with Gasteiger partial charge in [-0.25, -0.2) is 9.36 Å². The molecule has 0 fully saturated rings. The van der Waals surface area contributed by atoms with E-state index in [1.807, 2.05) is 7.05 Å². The van der Waals surface area contributed by atoms with Crippen LogP contribution in [0.2, 0.25) is 0 Å². The summed E-state index contributed by atoms with van der Waals surface area (Å²) >= 11 is 0. The van der Waals surface area contributed by atoms with Crippen LogP contribution in [0.5, 0.6) is 0 Å². The molecule has 90 valence electrons. The highest BCUT2D eigenvalue weighted by molar-refractivity contribution is 5.81. The SMILES string of the molecule is COC(=O)CN(C)C(=O)n1cc[n+](C)c1.[I-]. The van der Waals surface area contributed by atoms with Gasteiger partial charge in [-0.2, -0.15) is 4.57 Å². The molecule has 0 aliphatic heterocycles. The van der Waals surface area contributed by atoms with Crippen LogP contribution in [0.4, 0.5) is 4.79 Å². The van der Waals surface area contributed by atoms with Gasteiger partial charge in [0, 0.05) is 7.05 Å². The summed E-state index contributed by atoms with van der Waals surface area (Å²) in [5.41, 5.74) is 0. The molecule has 1 heterocycles. The van der Waals surface area contributed by atoms with Gasteiger partial charge in [0.2, 0.25) is 0 Å². The molecular weight excluding hydrogens is 325 g/mol. The minimum absolute atomic E-state index is 0. The molecule has 16 heavy (non-hydrogen) atoms. The number of ether oxygens (including phenoxy) is 1. The Kier molecular flexibility index (Phi) is 6.01. The number of likely N-dealkylation sites (N-methyl/N-ethyl adjacent to an activating group) is 1. The smallest absolute Gasteiger partial charge is 0.416 e. The number of halogens is 1. The van der Waals surface area contributed by atoms with Crippen LogP contribution in [0.15, 0.2) is 18.7 Å². The van der Waals surface area contributed by atoms with Gasteiger partial charge in [0.25, 0.3) is 6.33 Å². The lowest BCUT2D eigenvalue weighted by Crippen LogP contribution is -3.00. The number of nitrogens with zero attached hydrogens (tertiary/aromatic N) is 3. The average molecular weight is 339 g/mol. The van der Waals surface area contributed by atoms with E-state index in [9.17, 15) is 9.59 Å². The van der Waals surface area contributed by atoms with Gasteiger partial charge < -0.3 is 28.7 Å². The number of aromatic nitrogens is 2. The first-order chi connectivity index (χ1) is 7.04. The second-order valence-electron chi connectivity index (χ2n) is 3.20. The number of imidazole rings is 1. The van der Waals surface area contributed by atoms with E-state index >= 15 is 0 Å². The Morgan fingerprint density at radius 3 is 2.56 bits per heavy atom. The maximum Gasteiger partial charge on any atom is 0.416 e. The second-order valence-corrected chi connectivity index (χ2v) is 3.20. The molecule has 0 aliphatic carbocycles. The number of methoxy groups -OCH3 is 1. The van der Waals surface area contributed by atoms with Crippen LogP contribution in [-0.4, -0.2) is 42.2 Å². The Labute approximate surface area is 111 Å². The molecule has 6 nitrogen and oxygen atoms in total. The molecule has 0 saturated heterocycles. The van der Waals surface area contributed by atoms with Crippen LogP contribution in [-0.2, 0) is 16.6 Å². The van der Waals surface area contributed by atoms with E-state index in [2.05, 4.69) is 4.74 Å². The van der Waals surface area contributed by atoms with Gasteiger partial charge in [0.1, 0.15) is 18.9 Å². The highest BCUT2D eigenvalue weighted by Crippen LogP contribution is 1.92. The number of carbonyl (C=O) groups is 2. The van der Waals surface area contributed by atoms with Gasteiger partial charge in [-0.15, -0.1) is 0 Å². The Hall–Kier alpha value is -1.12. The molecule has 1 amide bonds. The highest BCUT2D eigenvalue weighted by Gasteiger charge is 2.19. The molecule has 0 unspecified atom stereocenters. The topological polar surface area (TPSA) is 55.4 Å². The van der Waals surface area contributed by atoms with Crippen LogP contribution in [0.25, 0.3) is 0 Å².